The average Bonchev–Trinajstić information content (AvgIpc) is 2.96. The Morgan fingerprint density at radius 3 is 2.60 bits per heavy atom. The number of aryl methyl sites for hydroxylation is 1. The van der Waals surface area contributed by atoms with Crippen molar-refractivity contribution in [1.82, 2.24) is 4.90 Å². The lowest BCUT2D eigenvalue weighted by atomic mass is 9.97. The van der Waals surface area contributed by atoms with Crippen LogP contribution in [-0.2, 0) is 6.42 Å². The molecule has 2 unspecified atom stereocenters. The van der Waals surface area contributed by atoms with Crippen LogP contribution in [0, 0.1) is 11.8 Å². The molecule has 1 nitrogen and oxygen atoms in total. The Labute approximate surface area is 164 Å². The van der Waals surface area contributed by atoms with Crippen molar-refractivity contribution < 1.29 is 0 Å². The van der Waals surface area contributed by atoms with Crippen molar-refractivity contribution in [2.45, 2.75) is 63.8 Å². The maximum atomic E-state index is 2.72. The van der Waals surface area contributed by atoms with Crippen LogP contribution in [0.25, 0.3) is 0 Å². The molecule has 1 aliphatic rings. The number of hydrogen-bond acceptors (Lipinski definition) is 3. The van der Waals surface area contributed by atoms with Gasteiger partial charge in [-0.2, -0.15) is 11.8 Å². The van der Waals surface area contributed by atoms with Crippen LogP contribution in [-0.4, -0.2) is 41.8 Å². The van der Waals surface area contributed by atoms with E-state index < -0.39 is 0 Å². The highest BCUT2D eigenvalue weighted by Gasteiger charge is 2.28. The molecule has 0 amide bonds. The van der Waals surface area contributed by atoms with Gasteiger partial charge in [-0.05, 0) is 92.9 Å². The van der Waals surface area contributed by atoms with Crippen molar-refractivity contribution in [3.8, 4) is 0 Å². The molecule has 1 fully saturated rings. The van der Waals surface area contributed by atoms with Gasteiger partial charge >= 0.3 is 0 Å². The van der Waals surface area contributed by atoms with Crippen LogP contribution >= 0.6 is 23.5 Å². The zero-order chi connectivity index (χ0) is 18.1. The second kappa shape index (κ2) is 11.6. The summed E-state index contributed by atoms with van der Waals surface area (Å²) < 4.78 is 0. The quantitative estimate of drug-likeness (QED) is 0.332. The minimum atomic E-state index is 0.781. The molecule has 0 aliphatic carbocycles. The van der Waals surface area contributed by atoms with Crippen molar-refractivity contribution in [2.24, 2.45) is 11.8 Å². The molecule has 0 aromatic heterocycles. The van der Waals surface area contributed by atoms with Crippen LogP contribution in [0.5, 0.6) is 0 Å². The summed E-state index contributed by atoms with van der Waals surface area (Å²) in [7, 11) is 0. The summed E-state index contributed by atoms with van der Waals surface area (Å²) in [5.41, 5.74) is 1.52. The third-order valence-electron chi connectivity index (χ3n) is 5.31. The molecular formula is C22H37NS2. The zero-order valence-corrected chi connectivity index (χ0v) is 18.3. The Hall–Kier alpha value is -0.120. The molecule has 0 spiro atoms. The second-order valence-electron chi connectivity index (χ2n) is 8.01. The van der Waals surface area contributed by atoms with E-state index in [0.717, 1.165) is 17.9 Å². The Kier molecular flexibility index (Phi) is 9.80. The molecule has 1 aromatic carbocycles. The molecule has 1 saturated heterocycles. The fourth-order valence-electron chi connectivity index (χ4n) is 3.68. The summed E-state index contributed by atoms with van der Waals surface area (Å²) in [5.74, 6) is 4.23. The topological polar surface area (TPSA) is 3.24 Å². The third-order valence-corrected chi connectivity index (χ3v) is 7.11. The van der Waals surface area contributed by atoms with Crippen molar-refractivity contribution in [3.63, 3.8) is 0 Å². The van der Waals surface area contributed by atoms with E-state index in [4.69, 9.17) is 0 Å². The maximum absolute atomic E-state index is 2.72. The summed E-state index contributed by atoms with van der Waals surface area (Å²) in [6, 6.07) is 10.1. The first-order valence-corrected chi connectivity index (χ1v) is 12.4. The summed E-state index contributed by atoms with van der Waals surface area (Å²) in [6.45, 7) is 9.70. The van der Waals surface area contributed by atoms with Crippen molar-refractivity contribution >= 4 is 23.5 Å². The fourth-order valence-corrected chi connectivity index (χ4v) is 5.15. The van der Waals surface area contributed by atoms with E-state index in [1.54, 1.807) is 0 Å². The summed E-state index contributed by atoms with van der Waals surface area (Å²) in [5, 5.41) is 0. The largest absolute Gasteiger partial charge is 0.300 e. The minimum absolute atomic E-state index is 0.781. The van der Waals surface area contributed by atoms with Gasteiger partial charge in [0.1, 0.15) is 0 Å². The molecule has 1 heterocycles. The van der Waals surface area contributed by atoms with Gasteiger partial charge in [0.25, 0.3) is 0 Å². The summed E-state index contributed by atoms with van der Waals surface area (Å²) in [4.78, 5) is 4.15. The molecule has 1 aliphatic heterocycles. The van der Waals surface area contributed by atoms with E-state index in [1.807, 2.05) is 23.5 Å². The molecule has 142 valence electrons. The first kappa shape index (κ1) is 21.2. The number of hydrogen-bond donors (Lipinski definition) is 0. The predicted molar refractivity (Wildman–Crippen MR) is 117 cm³/mol. The van der Waals surface area contributed by atoms with Crippen LogP contribution in [0.4, 0.5) is 0 Å². The fraction of sp³-hybridized carbons (Fsp3) is 0.727. The van der Waals surface area contributed by atoms with Crippen LogP contribution in [0.2, 0.25) is 0 Å². The van der Waals surface area contributed by atoms with Crippen molar-refractivity contribution in [2.75, 3.05) is 30.9 Å². The van der Waals surface area contributed by atoms with Crippen LogP contribution in [0.15, 0.2) is 29.2 Å². The van der Waals surface area contributed by atoms with Gasteiger partial charge in [-0.25, -0.2) is 0 Å². The molecule has 0 radical (unpaired) electrons. The zero-order valence-electron chi connectivity index (χ0n) is 16.7. The molecule has 2 rings (SSSR count). The number of likely N-dealkylation sites (tertiary alicyclic amines) is 1. The first-order valence-electron chi connectivity index (χ1n) is 10.0. The first-order chi connectivity index (χ1) is 12.1. The molecule has 0 bridgehead atoms. The van der Waals surface area contributed by atoms with Gasteiger partial charge in [0.05, 0.1) is 0 Å². The third kappa shape index (κ3) is 7.97. The number of thioether (sulfide) groups is 2. The highest BCUT2D eigenvalue weighted by molar-refractivity contribution is 7.99. The highest BCUT2D eigenvalue weighted by atomic mass is 32.2. The summed E-state index contributed by atoms with van der Waals surface area (Å²) >= 11 is 3.95. The Morgan fingerprint density at radius 1 is 1.16 bits per heavy atom. The Bertz CT molecular complexity index is 471. The molecule has 0 saturated carbocycles. The van der Waals surface area contributed by atoms with Crippen molar-refractivity contribution in [3.05, 3.63) is 29.8 Å². The number of nitrogens with zero attached hydrogens (tertiary/aromatic N) is 1. The second-order valence-corrected chi connectivity index (χ2v) is 10.2. The summed E-state index contributed by atoms with van der Waals surface area (Å²) in [6.07, 6.45) is 8.82. The molecular weight excluding hydrogens is 342 g/mol. The monoisotopic (exact) mass is 379 g/mol. The van der Waals surface area contributed by atoms with E-state index in [-0.39, 0.29) is 0 Å². The van der Waals surface area contributed by atoms with E-state index in [1.165, 1.54) is 67.2 Å². The van der Waals surface area contributed by atoms with Crippen LogP contribution in [0.1, 0.15) is 52.0 Å². The van der Waals surface area contributed by atoms with Crippen molar-refractivity contribution in [1.29, 1.82) is 0 Å². The molecule has 1 aromatic rings. The molecule has 25 heavy (non-hydrogen) atoms. The van der Waals surface area contributed by atoms with Gasteiger partial charge in [-0.1, -0.05) is 26.0 Å². The van der Waals surface area contributed by atoms with Gasteiger partial charge in [-0.3, -0.25) is 0 Å². The standard InChI is InChI=1S/C22H37NS2/c1-18(2)12-13-23-17-21(16-19(23)3)7-6-20-8-10-22(11-9-20)25-15-5-14-24-4/h8-11,18-19,21H,5-7,12-17H2,1-4H3. The van der Waals surface area contributed by atoms with Gasteiger partial charge in [-0.15, -0.1) is 11.8 Å². The van der Waals surface area contributed by atoms with Gasteiger partial charge < -0.3 is 4.90 Å². The van der Waals surface area contributed by atoms with Crippen LogP contribution in [0.3, 0.4) is 0 Å². The number of benzene rings is 1. The smallest absolute Gasteiger partial charge is 0.00721 e. The lowest BCUT2D eigenvalue weighted by Gasteiger charge is -2.21. The van der Waals surface area contributed by atoms with E-state index >= 15 is 0 Å². The lowest BCUT2D eigenvalue weighted by molar-refractivity contribution is 0.247. The molecule has 2 atom stereocenters. The Morgan fingerprint density at radius 2 is 1.92 bits per heavy atom. The minimum Gasteiger partial charge on any atom is -0.300 e. The van der Waals surface area contributed by atoms with E-state index in [0.29, 0.717) is 0 Å². The maximum Gasteiger partial charge on any atom is 0.00721 e. The van der Waals surface area contributed by atoms with Gasteiger partial charge in [0, 0.05) is 17.5 Å². The normalized spacial score (nSPS) is 21.3. The van der Waals surface area contributed by atoms with Crippen LogP contribution < -0.4 is 0 Å². The molecule has 0 N–H and O–H groups in total. The van der Waals surface area contributed by atoms with E-state index in [9.17, 15) is 0 Å². The number of rotatable bonds is 11. The SMILES string of the molecule is CSCCCSc1ccc(CCC2CC(C)N(CCC(C)C)C2)cc1. The molecule has 3 heteroatoms. The lowest BCUT2D eigenvalue weighted by Crippen LogP contribution is -2.29. The average molecular weight is 380 g/mol. The van der Waals surface area contributed by atoms with E-state index in [2.05, 4.69) is 56.2 Å². The van der Waals surface area contributed by atoms with Gasteiger partial charge in [0.2, 0.25) is 0 Å². The predicted octanol–water partition coefficient (Wildman–Crippen LogP) is 6.22. The van der Waals surface area contributed by atoms with Gasteiger partial charge in [0.15, 0.2) is 0 Å². The Balaban J connectivity index is 1.69. The highest BCUT2D eigenvalue weighted by Crippen LogP contribution is 2.28.